The molecule has 2 atom stereocenters. The number of carbonyl (C=O) groups is 1. The second-order valence-corrected chi connectivity index (χ2v) is 8.19. The number of ketones is 1. The minimum atomic E-state index is -0.351. The van der Waals surface area contributed by atoms with E-state index >= 15 is 0 Å². The van der Waals surface area contributed by atoms with Crippen LogP contribution < -0.4 is 20.1 Å². The van der Waals surface area contributed by atoms with Crippen molar-refractivity contribution < 1.29 is 14.3 Å². The molecule has 0 spiro atoms. The quantitative estimate of drug-likeness (QED) is 0.562. The van der Waals surface area contributed by atoms with E-state index in [-0.39, 0.29) is 17.7 Å². The van der Waals surface area contributed by atoms with Gasteiger partial charge in [0.05, 0.1) is 31.6 Å². The molecule has 3 aromatic carbocycles. The first-order chi connectivity index (χ1) is 15.7. The van der Waals surface area contributed by atoms with Gasteiger partial charge in [0.15, 0.2) is 5.78 Å². The molecule has 0 bridgehead atoms. The molecule has 32 heavy (non-hydrogen) atoms. The first-order valence-corrected chi connectivity index (χ1v) is 10.8. The van der Waals surface area contributed by atoms with Gasteiger partial charge in [-0.1, -0.05) is 42.5 Å². The molecular formula is C27H26N2O3. The average molecular weight is 427 g/mol. The molecule has 5 nitrogen and oxygen atoms in total. The maximum atomic E-state index is 13.6. The monoisotopic (exact) mass is 426 g/mol. The van der Waals surface area contributed by atoms with Gasteiger partial charge in [0.1, 0.15) is 11.5 Å². The first kappa shape index (κ1) is 20.2. The fraction of sp³-hybridized carbons (Fsp3) is 0.222. The summed E-state index contributed by atoms with van der Waals surface area (Å²) in [5.74, 6) is 1.73. The molecule has 0 radical (unpaired) electrons. The smallest absolute Gasteiger partial charge is 0.163 e. The number of allylic oxidation sites excluding steroid dienone is 1. The third kappa shape index (κ3) is 3.60. The molecule has 0 fully saturated rings. The van der Waals surface area contributed by atoms with Gasteiger partial charge in [-0.25, -0.2) is 0 Å². The molecule has 1 heterocycles. The summed E-state index contributed by atoms with van der Waals surface area (Å²) in [6.07, 6.45) is 1.25. The summed E-state index contributed by atoms with van der Waals surface area (Å²) in [6, 6.07) is 23.7. The number of hydrogen-bond acceptors (Lipinski definition) is 5. The lowest BCUT2D eigenvalue weighted by Crippen LogP contribution is -2.27. The van der Waals surface area contributed by atoms with Crippen molar-refractivity contribution >= 4 is 17.2 Å². The number of ether oxygens (including phenoxy) is 2. The van der Waals surface area contributed by atoms with E-state index in [2.05, 4.69) is 22.8 Å². The van der Waals surface area contributed by atoms with E-state index in [1.54, 1.807) is 14.2 Å². The zero-order valence-electron chi connectivity index (χ0n) is 18.2. The van der Waals surface area contributed by atoms with Gasteiger partial charge in [0, 0.05) is 23.3 Å². The van der Waals surface area contributed by atoms with Crippen LogP contribution in [-0.4, -0.2) is 20.0 Å². The molecule has 1 aliphatic carbocycles. The average Bonchev–Trinajstić information content (AvgIpc) is 3.01. The van der Waals surface area contributed by atoms with Gasteiger partial charge in [-0.2, -0.15) is 0 Å². The largest absolute Gasteiger partial charge is 0.497 e. The Hall–Kier alpha value is -3.73. The van der Waals surface area contributed by atoms with E-state index in [1.165, 1.54) is 5.56 Å². The second-order valence-electron chi connectivity index (χ2n) is 8.19. The number of para-hydroxylation sites is 2. The van der Waals surface area contributed by atoms with Crippen LogP contribution in [0.25, 0.3) is 0 Å². The third-order valence-corrected chi connectivity index (χ3v) is 6.33. The normalized spacial score (nSPS) is 19.8. The summed E-state index contributed by atoms with van der Waals surface area (Å²) in [7, 11) is 3.29. The Morgan fingerprint density at radius 1 is 0.844 bits per heavy atom. The highest BCUT2D eigenvalue weighted by molar-refractivity contribution is 6.01. The molecule has 0 amide bonds. The molecule has 5 heteroatoms. The maximum Gasteiger partial charge on any atom is 0.163 e. The van der Waals surface area contributed by atoms with Crippen LogP contribution in [0.4, 0.5) is 11.4 Å². The minimum Gasteiger partial charge on any atom is -0.497 e. The molecule has 0 saturated heterocycles. The van der Waals surface area contributed by atoms with Crippen molar-refractivity contribution in [1.82, 2.24) is 0 Å². The van der Waals surface area contributed by atoms with Crippen LogP contribution in [0.15, 0.2) is 84.1 Å². The lowest BCUT2D eigenvalue weighted by Gasteiger charge is -2.30. The predicted octanol–water partition coefficient (Wildman–Crippen LogP) is 5.68. The summed E-state index contributed by atoms with van der Waals surface area (Å²) < 4.78 is 11.2. The summed E-state index contributed by atoms with van der Waals surface area (Å²) in [4.78, 5) is 13.6. The van der Waals surface area contributed by atoms with Gasteiger partial charge in [-0.15, -0.1) is 0 Å². The van der Waals surface area contributed by atoms with Crippen LogP contribution in [0.5, 0.6) is 11.5 Å². The van der Waals surface area contributed by atoms with E-state index in [0.717, 1.165) is 40.4 Å². The number of methoxy groups -OCH3 is 2. The summed E-state index contributed by atoms with van der Waals surface area (Å²) in [5, 5.41) is 7.19. The van der Waals surface area contributed by atoms with Gasteiger partial charge in [-0.05, 0) is 48.2 Å². The summed E-state index contributed by atoms with van der Waals surface area (Å²) in [6.45, 7) is 0. The van der Waals surface area contributed by atoms with Crippen LogP contribution in [0, 0.1) is 0 Å². The van der Waals surface area contributed by atoms with Gasteiger partial charge in [0.25, 0.3) is 0 Å². The van der Waals surface area contributed by atoms with E-state index in [1.807, 2.05) is 60.7 Å². The Balaban J connectivity index is 1.66. The first-order valence-electron chi connectivity index (χ1n) is 10.8. The maximum absolute atomic E-state index is 13.6. The Kier molecular flexibility index (Phi) is 5.31. The Morgan fingerprint density at radius 2 is 1.59 bits per heavy atom. The van der Waals surface area contributed by atoms with Crippen LogP contribution in [0.3, 0.4) is 0 Å². The Labute approximate surface area is 188 Å². The van der Waals surface area contributed by atoms with E-state index < -0.39 is 0 Å². The van der Waals surface area contributed by atoms with Gasteiger partial charge < -0.3 is 20.1 Å². The second kappa shape index (κ2) is 8.42. The number of anilines is 2. The van der Waals surface area contributed by atoms with Crippen molar-refractivity contribution in [2.24, 2.45) is 0 Å². The number of carbonyl (C=O) groups excluding carboxylic acids is 1. The summed E-state index contributed by atoms with van der Waals surface area (Å²) in [5.41, 5.74) is 5.70. The van der Waals surface area contributed by atoms with E-state index in [9.17, 15) is 4.79 Å². The molecule has 5 rings (SSSR count). The molecule has 162 valence electrons. The number of benzene rings is 3. The van der Waals surface area contributed by atoms with Gasteiger partial charge in [-0.3, -0.25) is 4.79 Å². The van der Waals surface area contributed by atoms with Crippen LogP contribution >= 0.6 is 0 Å². The van der Waals surface area contributed by atoms with Gasteiger partial charge in [0.2, 0.25) is 0 Å². The van der Waals surface area contributed by atoms with Crippen molar-refractivity contribution in [1.29, 1.82) is 0 Å². The zero-order chi connectivity index (χ0) is 22.1. The molecule has 0 unspecified atom stereocenters. The topological polar surface area (TPSA) is 59.6 Å². The Bertz CT molecular complexity index is 1190. The zero-order valence-corrected chi connectivity index (χ0v) is 18.2. The highest BCUT2D eigenvalue weighted by Crippen LogP contribution is 2.46. The molecule has 3 aromatic rings. The van der Waals surface area contributed by atoms with Crippen molar-refractivity contribution in [3.63, 3.8) is 0 Å². The molecule has 2 aliphatic rings. The lowest BCUT2D eigenvalue weighted by molar-refractivity contribution is -0.116. The number of rotatable bonds is 4. The van der Waals surface area contributed by atoms with E-state index in [0.29, 0.717) is 12.2 Å². The third-order valence-electron chi connectivity index (χ3n) is 6.33. The van der Waals surface area contributed by atoms with Crippen LogP contribution in [-0.2, 0) is 4.79 Å². The minimum absolute atomic E-state index is 0.141. The van der Waals surface area contributed by atoms with Crippen molar-refractivity contribution in [2.75, 3.05) is 24.9 Å². The van der Waals surface area contributed by atoms with Crippen LogP contribution in [0.2, 0.25) is 0 Å². The number of nitrogens with one attached hydrogen (secondary N) is 2. The number of Topliss-reactive ketones (excluding diaryl/α,β-unsaturated/α-hetero) is 1. The molecular weight excluding hydrogens is 400 g/mol. The molecule has 0 aromatic heterocycles. The SMILES string of the molecule is COc1ccc(OC)c([C@@H]2Nc3ccccc3NC3=C2C(=O)C[C@@H](c2ccccc2)C3)c1. The van der Waals surface area contributed by atoms with Crippen molar-refractivity contribution in [2.45, 2.75) is 24.8 Å². The highest BCUT2D eigenvalue weighted by atomic mass is 16.5. The van der Waals surface area contributed by atoms with Crippen LogP contribution in [0.1, 0.15) is 35.9 Å². The highest BCUT2D eigenvalue weighted by Gasteiger charge is 2.37. The molecule has 0 saturated carbocycles. The lowest BCUT2D eigenvalue weighted by atomic mass is 9.78. The number of fused-ring (bicyclic) bond motifs is 1. The molecule has 1 aliphatic heterocycles. The Morgan fingerprint density at radius 3 is 2.34 bits per heavy atom. The van der Waals surface area contributed by atoms with Gasteiger partial charge >= 0.3 is 0 Å². The standard InChI is InChI=1S/C27H26N2O3/c1-31-19-12-13-25(32-2)20(16-19)27-26-23(28-21-10-6-7-11-22(21)29-27)14-18(15-24(26)30)17-8-4-3-5-9-17/h3-13,16,18,27-29H,14-15H2,1-2H3/t18-,27-/m0/s1. The molecule has 2 N–H and O–H groups in total. The van der Waals surface area contributed by atoms with E-state index in [4.69, 9.17) is 9.47 Å². The predicted molar refractivity (Wildman–Crippen MR) is 126 cm³/mol. The number of hydrogen-bond donors (Lipinski definition) is 2. The fourth-order valence-corrected chi connectivity index (χ4v) is 4.75. The fourth-order valence-electron chi connectivity index (χ4n) is 4.75. The van der Waals surface area contributed by atoms with Crippen molar-refractivity contribution in [3.8, 4) is 11.5 Å². The summed E-state index contributed by atoms with van der Waals surface area (Å²) >= 11 is 0. The van der Waals surface area contributed by atoms with Crippen molar-refractivity contribution in [3.05, 3.63) is 95.2 Å².